The fourth-order valence-corrected chi connectivity index (χ4v) is 2.11. The Kier molecular flexibility index (Phi) is 3.69. The SMILES string of the molecule is Cc1cc(OCc2cccc(CNC3CC3)n2)n(C)n1. The number of pyridine rings is 1. The molecule has 3 rings (SSSR count). The lowest BCUT2D eigenvalue weighted by molar-refractivity contribution is 0.274. The van der Waals surface area contributed by atoms with Crippen LogP contribution in [0.15, 0.2) is 24.3 Å². The van der Waals surface area contributed by atoms with Crippen molar-refractivity contribution in [2.45, 2.75) is 39.0 Å². The van der Waals surface area contributed by atoms with Crippen molar-refractivity contribution in [2.75, 3.05) is 0 Å². The molecule has 2 aromatic heterocycles. The minimum absolute atomic E-state index is 0.468. The van der Waals surface area contributed by atoms with Crippen LogP contribution in [0.1, 0.15) is 29.9 Å². The van der Waals surface area contributed by atoms with Crippen LogP contribution in [-0.4, -0.2) is 20.8 Å². The maximum atomic E-state index is 5.75. The van der Waals surface area contributed by atoms with Gasteiger partial charge >= 0.3 is 0 Å². The number of nitrogens with one attached hydrogen (secondary N) is 1. The predicted octanol–water partition coefficient (Wildman–Crippen LogP) is 1.95. The third-order valence-electron chi connectivity index (χ3n) is 3.34. The van der Waals surface area contributed by atoms with Crippen molar-refractivity contribution in [2.24, 2.45) is 7.05 Å². The summed E-state index contributed by atoms with van der Waals surface area (Å²) in [6.45, 7) is 3.26. The van der Waals surface area contributed by atoms with Gasteiger partial charge < -0.3 is 10.1 Å². The van der Waals surface area contributed by atoms with Crippen LogP contribution in [0.5, 0.6) is 5.88 Å². The largest absolute Gasteiger partial charge is 0.471 e. The van der Waals surface area contributed by atoms with E-state index in [0.717, 1.165) is 29.5 Å². The normalized spacial score (nSPS) is 14.5. The van der Waals surface area contributed by atoms with Gasteiger partial charge in [-0.2, -0.15) is 5.10 Å². The molecule has 0 aliphatic heterocycles. The summed E-state index contributed by atoms with van der Waals surface area (Å²) in [6.07, 6.45) is 2.59. The van der Waals surface area contributed by atoms with Crippen molar-refractivity contribution in [3.63, 3.8) is 0 Å². The topological polar surface area (TPSA) is 52.0 Å². The van der Waals surface area contributed by atoms with Crippen molar-refractivity contribution in [3.05, 3.63) is 41.3 Å². The van der Waals surface area contributed by atoms with E-state index < -0.39 is 0 Å². The van der Waals surface area contributed by atoms with Crippen molar-refractivity contribution < 1.29 is 4.74 Å². The summed E-state index contributed by atoms with van der Waals surface area (Å²) in [7, 11) is 1.88. The second kappa shape index (κ2) is 5.63. The Bertz CT molecular complexity index is 589. The Morgan fingerprint density at radius 1 is 1.35 bits per heavy atom. The lowest BCUT2D eigenvalue weighted by Crippen LogP contribution is -2.16. The van der Waals surface area contributed by atoms with E-state index in [9.17, 15) is 0 Å². The highest BCUT2D eigenvalue weighted by Crippen LogP contribution is 2.19. The van der Waals surface area contributed by atoms with E-state index in [1.165, 1.54) is 12.8 Å². The maximum Gasteiger partial charge on any atom is 0.212 e. The minimum atomic E-state index is 0.468. The summed E-state index contributed by atoms with van der Waals surface area (Å²) in [6, 6.07) is 8.70. The molecule has 2 heterocycles. The first-order valence-corrected chi connectivity index (χ1v) is 7.02. The van der Waals surface area contributed by atoms with E-state index in [1.54, 1.807) is 4.68 Å². The van der Waals surface area contributed by atoms with Crippen LogP contribution in [-0.2, 0) is 20.2 Å². The molecule has 2 aromatic rings. The zero-order valence-corrected chi connectivity index (χ0v) is 12.0. The van der Waals surface area contributed by atoms with Crippen LogP contribution >= 0.6 is 0 Å². The predicted molar refractivity (Wildman–Crippen MR) is 76.4 cm³/mol. The van der Waals surface area contributed by atoms with Gasteiger partial charge in [0.15, 0.2) is 0 Å². The van der Waals surface area contributed by atoms with Gasteiger partial charge in [-0.15, -0.1) is 0 Å². The maximum absolute atomic E-state index is 5.75. The Balaban J connectivity index is 1.58. The van der Waals surface area contributed by atoms with Crippen LogP contribution < -0.4 is 10.1 Å². The third kappa shape index (κ3) is 3.36. The zero-order valence-electron chi connectivity index (χ0n) is 12.0. The molecular weight excluding hydrogens is 252 g/mol. The Labute approximate surface area is 119 Å². The van der Waals surface area contributed by atoms with Gasteiger partial charge in [0.25, 0.3) is 0 Å². The summed E-state index contributed by atoms with van der Waals surface area (Å²) in [5.41, 5.74) is 2.97. The van der Waals surface area contributed by atoms with Crippen molar-refractivity contribution in [1.29, 1.82) is 0 Å². The third-order valence-corrected chi connectivity index (χ3v) is 3.34. The summed E-state index contributed by atoms with van der Waals surface area (Å²) in [4.78, 5) is 4.61. The monoisotopic (exact) mass is 272 g/mol. The summed E-state index contributed by atoms with van der Waals surface area (Å²) in [5.74, 6) is 0.769. The van der Waals surface area contributed by atoms with Gasteiger partial charge in [0.05, 0.1) is 17.1 Å². The molecule has 20 heavy (non-hydrogen) atoms. The lowest BCUT2D eigenvalue weighted by atomic mass is 10.3. The lowest BCUT2D eigenvalue weighted by Gasteiger charge is -2.07. The number of aryl methyl sites for hydroxylation is 2. The molecule has 0 radical (unpaired) electrons. The quantitative estimate of drug-likeness (QED) is 0.873. The van der Waals surface area contributed by atoms with Crippen molar-refractivity contribution >= 4 is 0 Å². The molecule has 1 aliphatic rings. The smallest absolute Gasteiger partial charge is 0.212 e. The van der Waals surface area contributed by atoms with Gasteiger partial charge in [0, 0.05) is 25.7 Å². The van der Waals surface area contributed by atoms with Gasteiger partial charge in [0.1, 0.15) is 6.61 Å². The molecule has 0 amide bonds. The van der Waals surface area contributed by atoms with E-state index in [1.807, 2.05) is 38.2 Å². The van der Waals surface area contributed by atoms with Crippen LogP contribution in [0.25, 0.3) is 0 Å². The van der Waals surface area contributed by atoms with E-state index in [2.05, 4.69) is 15.4 Å². The van der Waals surface area contributed by atoms with Crippen molar-refractivity contribution in [3.8, 4) is 5.88 Å². The van der Waals surface area contributed by atoms with Gasteiger partial charge in [-0.25, -0.2) is 4.68 Å². The standard InChI is InChI=1S/C15H20N4O/c1-11-8-15(19(2)18-11)20-10-14-5-3-4-13(17-14)9-16-12-6-7-12/h3-5,8,12,16H,6-7,9-10H2,1-2H3. The second-order valence-electron chi connectivity index (χ2n) is 5.31. The summed E-state index contributed by atoms with van der Waals surface area (Å²) >= 11 is 0. The van der Waals surface area contributed by atoms with Crippen LogP contribution in [0, 0.1) is 6.92 Å². The number of hydrogen-bond acceptors (Lipinski definition) is 4. The molecule has 0 bridgehead atoms. The highest BCUT2D eigenvalue weighted by molar-refractivity contribution is 5.16. The molecule has 1 aliphatic carbocycles. The van der Waals surface area contributed by atoms with Gasteiger partial charge in [-0.1, -0.05) is 6.07 Å². The number of ether oxygens (including phenoxy) is 1. The Morgan fingerprint density at radius 2 is 2.15 bits per heavy atom. The minimum Gasteiger partial charge on any atom is -0.471 e. The van der Waals surface area contributed by atoms with Crippen molar-refractivity contribution in [1.82, 2.24) is 20.1 Å². The molecule has 0 unspecified atom stereocenters. The molecule has 5 nitrogen and oxygen atoms in total. The number of nitrogens with zero attached hydrogens (tertiary/aromatic N) is 3. The molecule has 1 fully saturated rings. The molecule has 0 saturated heterocycles. The first-order valence-electron chi connectivity index (χ1n) is 7.02. The molecule has 5 heteroatoms. The molecule has 106 valence electrons. The van der Waals surface area contributed by atoms with Crippen LogP contribution in [0.4, 0.5) is 0 Å². The summed E-state index contributed by atoms with van der Waals surface area (Å²) < 4.78 is 7.50. The Hall–Kier alpha value is -1.88. The highest BCUT2D eigenvalue weighted by Gasteiger charge is 2.20. The van der Waals surface area contributed by atoms with Gasteiger partial charge in [-0.05, 0) is 31.9 Å². The fraction of sp³-hybridized carbons (Fsp3) is 0.467. The van der Waals surface area contributed by atoms with Gasteiger partial charge in [-0.3, -0.25) is 4.98 Å². The second-order valence-corrected chi connectivity index (χ2v) is 5.31. The summed E-state index contributed by atoms with van der Waals surface area (Å²) in [5, 5.41) is 7.73. The van der Waals surface area contributed by atoms with E-state index >= 15 is 0 Å². The number of hydrogen-bond donors (Lipinski definition) is 1. The zero-order chi connectivity index (χ0) is 13.9. The van der Waals surface area contributed by atoms with E-state index in [0.29, 0.717) is 12.6 Å². The first-order chi connectivity index (χ1) is 9.70. The van der Waals surface area contributed by atoms with E-state index in [4.69, 9.17) is 4.74 Å². The molecule has 0 aromatic carbocycles. The fourth-order valence-electron chi connectivity index (χ4n) is 2.11. The molecule has 1 N–H and O–H groups in total. The average Bonchev–Trinajstić information content (AvgIpc) is 3.20. The first kappa shape index (κ1) is 13.1. The molecule has 1 saturated carbocycles. The van der Waals surface area contributed by atoms with Crippen LogP contribution in [0.3, 0.4) is 0 Å². The molecule has 0 atom stereocenters. The average molecular weight is 272 g/mol. The Morgan fingerprint density at radius 3 is 2.85 bits per heavy atom. The van der Waals surface area contributed by atoms with Gasteiger partial charge in [0.2, 0.25) is 5.88 Å². The highest BCUT2D eigenvalue weighted by atomic mass is 16.5. The van der Waals surface area contributed by atoms with Crippen LogP contribution in [0.2, 0.25) is 0 Å². The number of aromatic nitrogens is 3. The molecular formula is C15H20N4O. The number of rotatable bonds is 6. The molecule has 0 spiro atoms. The van der Waals surface area contributed by atoms with E-state index in [-0.39, 0.29) is 0 Å².